The van der Waals surface area contributed by atoms with Crippen LogP contribution in [0.1, 0.15) is 51.4 Å². The van der Waals surface area contributed by atoms with Crippen molar-refractivity contribution in [1.29, 1.82) is 0 Å². The first kappa shape index (κ1) is 36.6. The number of hydrogen-bond acceptors (Lipinski definition) is 6. The predicted molar refractivity (Wildman–Crippen MR) is 137 cm³/mol. The van der Waals surface area contributed by atoms with Gasteiger partial charge in [-0.1, -0.05) is 31.7 Å². The van der Waals surface area contributed by atoms with Crippen molar-refractivity contribution in [1.82, 2.24) is 4.72 Å². The molecule has 14 heteroatoms. The van der Waals surface area contributed by atoms with Gasteiger partial charge < -0.3 is 24.7 Å². The molecule has 3 atom stereocenters. The lowest BCUT2D eigenvalue weighted by atomic mass is 10.1. The van der Waals surface area contributed by atoms with Crippen molar-refractivity contribution in [2.24, 2.45) is 5.73 Å². The average molecular weight is 591 g/mol. The van der Waals surface area contributed by atoms with E-state index < -0.39 is 40.5 Å². The van der Waals surface area contributed by atoms with Gasteiger partial charge in [0, 0.05) is 14.2 Å². The van der Waals surface area contributed by atoms with Crippen LogP contribution in [-0.4, -0.2) is 49.1 Å². The normalized spacial score (nSPS) is 14.3. The van der Waals surface area contributed by atoms with E-state index in [1.165, 1.54) is 50.6 Å². The molecule has 2 rings (SSSR count). The van der Waals surface area contributed by atoms with Crippen LogP contribution in [0.3, 0.4) is 0 Å². The minimum Gasteiger partial charge on any atom is -0.406 e. The Balaban J connectivity index is 0.000000756. The van der Waals surface area contributed by atoms with Gasteiger partial charge in [-0.25, -0.2) is 8.93 Å². The molecule has 0 bridgehead atoms. The number of alkyl halides is 6. The topological polar surface area (TPSA) is 92.0 Å². The molecule has 224 valence electrons. The molecular formula is C25H36F6N2O5S. The maximum Gasteiger partial charge on any atom is 0.573 e. The van der Waals surface area contributed by atoms with E-state index in [1.807, 2.05) is 0 Å². The minimum atomic E-state index is -4.75. The third-order valence-electron chi connectivity index (χ3n) is 4.50. The second kappa shape index (κ2) is 16.0. The summed E-state index contributed by atoms with van der Waals surface area (Å²) in [5.41, 5.74) is 6.71. The van der Waals surface area contributed by atoms with Gasteiger partial charge in [-0.2, -0.15) is 0 Å². The van der Waals surface area contributed by atoms with Gasteiger partial charge in [0.15, 0.2) is 0 Å². The summed E-state index contributed by atoms with van der Waals surface area (Å²) >= 11 is 0. The largest absolute Gasteiger partial charge is 0.573 e. The Bertz CT molecular complexity index is 1020. The quantitative estimate of drug-likeness (QED) is 0.321. The molecule has 3 N–H and O–H groups in total. The highest BCUT2D eigenvalue weighted by atomic mass is 32.2. The monoisotopic (exact) mass is 590 g/mol. The zero-order valence-corrected chi connectivity index (χ0v) is 22.3. The SMILES string of the molecule is C.COC[C@H](N)c1cccc(OC(F)(F)F)c1.COC[C@H](N[S@](=O)C(C)(C)C)c1cccc(OC(F)(F)F)c1. The van der Waals surface area contributed by atoms with Gasteiger partial charge >= 0.3 is 12.7 Å². The fourth-order valence-corrected chi connectivity index (χ4v) is 3.63. The van der Waals surface area contributed by atoms with E-state index >= 15 is 0 Å². The first-order chi connectivity index (χ1) is 17.4. The highest BCUT2D eigenvalue weighted by Crippen LogP contribution is 2.27. The summed E-state index contributed by atoms with van der Waals surface area (Å²) in [7, 11) is 1.54. The molecule has 0 aliphatic rings. The van der Waals surface area contributed by atoms with Gasteiger partial charge in [-0.15, -0.1) is 26.3 Å². The fourth-order valence-electron chi connectivity index (χ4n) is 2.82. The van der Waals surface area contributed by atoms with Crippen molar-refractivity contribution in [3.63, 3.8) is 0 Å². The Morgan fingerprint density at radius 3 is 1.67 bits per heavy atom. The predicted octanol–water partition coefficient (Wildman–Crippen LogP) is 6.19. The van der Waals surface area contributed by atoms with Crippen molar-refractivity contribution >= 4 is 11.0 Å². The lowest BCUT2D eigenvalue weighted by Crippen LogP contribution is -2.37. The second-order valence-electron chi connectivity index (χ2n) is 8.81. The minimum absolute atomic E-state index is 0. The molecule has 0 aromatic heterocycles. The Morgan fingerprint density at radius 2 is 1.26 bits per heavy atom. The zero-order valence-electron chi connectivity index (χ0n) is 21.5. The van der Waals surface area contributed by atoms with Crippen LogP contribution in [0.5, 0.6) is 11.5 Å². The summed E-state index contributed by atoms with van der Waals surface area (Å²) in [5.74, 6) is -0.606. The summed E-state index contributed by atoms with van der Waals surface area (Å²) in [6.07, 6.45) is -9.44. The van der Waals surface area contributed by atoms with Crippen molar-refractivity contribution < 1.29 is 49.5 Å². The summed E-state index contributed by atoms with van der Waals surface area (Å²) in [5, 5.41) is 0. The molecule has 0 radical (unpaired) electrons. The molecule has 0 aliphatic carbocycles. The number of ether oxygens (including phenoxy) is 4. The molecule has 0 heterocycles. The van der Waals surface area contributed by atoms with Crippen LogP contribution in [-0.2, 0) is 20.5 Å². The molecule has 0 unspecified atom stereocenters. The number of hydrogen-bond donors (Lipinski definition) is 2. The summed E-state index contributed by atoms with van der Waals surface area (Å²) in [6.45, 7) is 5.78. The van der Waals surface area contributed by atoms with Crippen molar-refractivity contribution in [3.05, 3.63) is 59.7 Å². The first-order valence-corrected chi connectivity index (χ1v) is 12.2. The molecular weight excluding hydrogens is 554 g/mol. The van der Waals surface area contributed by atoms with Crippen LogP contribution < -0.4 is 19.9 Å². The summed E-state index contributed by atoms with van der Waals surface area (Å²) < 4.78 is 105. The average Bonchev–Trinajstić information content (AvgIpc) is 2.77. The number of halogens is 6. The molecule has 0 spiro atoms. The van der Waals surface area contributed by atoms with E-state index in [9.17, 15) is 30.6 Å². The fraction of sp³-hybridized carbons (Fsp3) is 0.520. The Morgan fingerprint density at radius 1 is 0.821 bits per heavy atom. The molecule has 39 heavy (non-hydrogen) atoms. The number of nitrogens with two attached hydrogens (primary N) is 1. The number of nitrogens with one attached hydrogen (secondary N) is 1. The summed E-state index contributed by atoms with van der Waals surface area (Å²) in [4.78, 5) is 0. The molecule has 0 amide bonds. The van der Waals surface area contributed by atoms with E-state index in [0.29, 0.717) is 11.1 Å². The lowest BCUT2D eigenvalue weighted by Gasteiger charge is -2.24. The molecule has 7 nitrogen and oxygen atoms in total. The van der Waals surface area contributed by atoms with Crippen molar-refractivity contribution in [3.8, 4) is 11.5 Å². The van der Waals surface area contributed by atoms with E-state index in [2.05, 4.69) is 14.2 Å². The molecule has 0 fully saturated rings. The van der Waals surface area contributed by atoms with Crippen LogP contribution in [0.2, 0.25) is 0 Å². The van der Waals surface area contributed by atoms with Crippen molar-refractivity contribution in [2.75, 3.05) is 27.4 Å². The second-order valence-corrected chi connectivity index (χ2v) is 10.8. The molecule has 2 aromatic carbocycles. The Hall–Kier alpha value is -2.39. The van der Waals surface area contributed by atoms with Crippen LogP contribution in [0.4, 0.5) is 26.3 Å². The van der Waals surface area contributed by atoms with Gasteiger partial charge in [-0.05, 0) is 56.2 Å². The van der Waals surface area contributed by atoms with Gasteiger partial charge in [0.25, 0.3) is 0 Å². The van der Waals surface area contributed by atoms with Crippen LogP contribution in [0, 0.1) is 0 Å². The van der Waals surface area contributed by atoms with Crippen LogP contribution in [0.25, 0.3) is 0 Å². The van der Waals surface area contributed by atoms with Crippen molar-refractivity contribution in [2.45, 2.75) is 57.8 Å². The van der Waals surface area contributed by atoms with Gasteiger partial charge in [0.1, 0.15) is 11.5 Å². The Labute approximate surface area is 227 Å². The maximum atomic E-state index is 12.3. The van der Waals surface area contributed by atoms with E-state index in [0.717, 1.165) is 0 Å². The maximum absolute atomic E-state index is 12.3. The number of rotatable bonds is 10. The molecule has 0 saturated heterocycles. The molecule has 0 saturated carbocycles. The van der Waals surface area contributed by atoms with Gasteiger partial charge in [0.05, 0.1) is 41.0 Å². The lowest BCUT2D eigenvalue weighted by molar-refractivity contribution is -0.275. The van der Waals surface area contributed by atoms with Crippen LogP contribution in [0.15, 0.2) is 48.5 Å². The summed E-state index contributed by atoms with van der Waals surface area (Å²) in [6, 6.07) is 10.1. The highest BCUT2D eigenvalue weighted by Gasteiger charge is 2.32. The van der Waals surface area contributed by atoms with Gasteiger partial charge in [-0.3, -0.25) is 0 Å². The Kier molecular flexibility index (Phi) is 15.0. The van der Waals surface area contributed by atoms with Crippen LogP contribution >= 0.6 is 0 Å². The standard InChI is InChI=1S/C14H20F3NO3S.C10H12F3NO2.CH4/c1-13(2,3)22(19)18-12(9-20-4)10-6-5-7-11(8-10)21-14(15,16)17;1-15-6-9(14)7-3-2-4-8(5-7)16-10(11,12)13;/h5-8,12,18H,9H2,1-4H3;2-5,9H,6,14H2,1H3;1H4/t12-,22+;9-;/m00./s1. The van der Waals surface area contributed by atoms with E-state index in [-0.39, 0.29) is 32.1 Å². The first-order valence-electron chi connectivity index (χ1n) is 11.1. The number of benzene rings is 2. The third-order valence-corrected chi connectivity index (χ3v) is 6.11. The zero-order chi connectivity index (χ0) is 29.1. The van der Waals surface area contributed by atoms with E-state index in [4.69, 9.17) is 15.2 Å². The highest BCUT2D eigenvalue weighted by molar-refractivity contribution is 7.84. The molecule has 2 aromatic rings. The van der Waals surface area contributed by atoms with E-state index in [1.54, 1.807) is 32.9 Å². The molecule has 0 aliphatic heterocycles. The number of methoxy groups -OCH3 is 2. The smallest absolute Gasteiger partial charge is 0.406 e. The van der Waals surface area contributed by atoms with Gasteiger partial charge in [0.2, 0.25) is 0 Å². The third kappa shape index (κ3) is 15.1.